The van der Waals surface area contributed by atoms with E-state index in [0.29, 0.717) is 0 Å². The Hall–Kier alpha value is -4.45. The summed E-state index contributed by atoms with van der Waals surface area (Å²) in [6.07, 6.45) is 0. The first kappa shape index (κ1) is 35.0. The van der Waals surface area contributed by atoms with Crippen LogP contribution in [-0.4, -0.2) is 11.9 Å². The van der Waals surface area contributed by atoms with Gasteiger partial charge < -0.3 is 9.80 Å². The summed E-state index contributed by atoms with van der Waals surface area (Å²) < 4.78 is 2.72. The minimum absolute atomic E-state index is 0.0595. The number of rotatable bonds is 2. The van der Waals surface area contributed by atoms with Crippen LogP contribution in [-0.2, 0) is 16.2 Å². The van der Waals surface area contributed by atoms with Crippen molar-refractivity contribution in [3.8, 4) is 0 Å². The zero-order valence-electron chi connectivity index (χ0n) is 33.5. The molecular formula is C50H49BN2S2. The molecule has 2 atom stereocenters. The molecule has 0 radical (unpaired) electrons. The zero-order chi connectivity index (χ0) is 38.2. The van der Waals surface area contributed by atoms with Crippen LogP contribution in [0.4, 0.5) is 28.4 Å². The topological polar surface area (TPSA) is 6.48 Å². The first-order chi connectivity index (χ1) is 26.2. The van der Waals surface area contributed by atoms with E-state index in [2.05, 4.69) is 205 Å². The number of hydrogen-bond donors (Lipinski definition) is 0. The molecule has 3 aliphatic rings. The van der Waals surface area contributed by atoms with Crippen LogP contribution in [0.5, 0.6) is 0 Å². The van der Waals surface area contributed by atoms with Crippen molar-refractivity contribution < 1.29 is 0 Å². The fraction of sp³-hybridized carbons (Fsp3) is 0.280. The highest BCUT2D eigenvalue weighted by atomic mass is 32.2. The van der Waals surface area contributed by atoms with E-state index in [1.807, 2.05) is 11.3 Å². The van der Waals surface area contributed by atoms with Crippen LogP contribution in [0.2, 0.25) is 0 Å². The maximum atomic E-state index is 2.71. The van der Waals surface area contributed by atoms with Crippen molar-refractivity contribution >= 4 is 89.3 Å². The van der Waals surface area contributed by atoms with E-state index < -0.39 is 0 Å². The largest absolute Gasteiger partial charge is 0.334 e. The fourth-order valence-corrected chi connectivity index (χ4v) is 12.1. The van der Waals surface area contributed by atoms with Gasteiger partial charge in [-0.15, -0.1) is 23.1 Å². The Balaban J connectivity index is 1.26. The van der Waals surface area contributed by atoms with E-state index >= 15 is 0 Å². The molecule has 0 N–H and O–H groups in total. The Bertz CT molecular complexity index is 2650. The third-order valence-corrected chi connectivity index (χ3v) is 14.9. The number of hydrogen-bond acceptors (Lipinski definition) is 4. The molecule has 0 fully saturated rings. The van der Waals surface area contributed by atoms with Gasteiger partial charge in [0.15, 0.2) is 0 Å². The molecule has 274 valence electrons. The van der Waals surface area contributed by atoms with Gasteiger partial charge >= 0.3 is 0 Å². The molecule has 0 amide bonds. The highest BCUT2D eigenvalue weighted by Gasteiger charge is 2.54. The lowest BCUT2D eigenvalue weighted by Gasteiger charge is -2.48. The molecule has 10 rings (SSSR count). The molecule has 3 aliphatic heterocycles. The van der Waals surface area contributed by atoms with E-state index in [4.69, 9.17) is 0 Å². The number of nitrogens with zero attached hydrogens (tertiary/aromatic N) is 2. The molecule has 0 spiro atoms. The smallest absolute Gasteiger partial charge is 0.233 e. The van der Waals surface area contributed by atoms with E-state index in [1.165, 1.54) is 86.7 Å². The summed E-state index contributed by atoms with van der Waals surface area (Å²) >= 11 is 4.04. The first-order valence-electron chi connectivity index (χ1n) is 19.9. The molecule has 7 aromatic rings. The van der Waals surface area contributed by atoms with E-state index in [1.54, 1.807) is 0 Å². The van der Waals surface area contributed by atoms with Gasteiger partial charge in [0.25, 0.3) is 0 Å². The molecule has 2 unspecified atom stereocenters. The molecule has 4 heterocycles. The van der Waals surface area contributed by atoms with Crippen molar-refractivity contribution in [2.75, 3.05) is 9.80 Å². The SMILES string of the molecule is CC(C)(C)c1ccc(N2c3cc4c(cc3B3c5c2cccc5N(c2ccc(C(C)(C)C)cc2)C2c5cc(C(C)(C)C)ccc5SC32)sc2ccccc24)cc1. The average Bonchev–Trinajstić information content (AvgIpc) is 3.71. The van der Waals surface area contributed by atoms with Crippen molar-refractivity contribution in [2.24, 2.45) is 0 Å². The van der Waals surface area contributed by atoms with Crippen molar-refractivity contribution in [2.45, 2.75) is 94.6 Å². The fourth-order valence-electron chi connectivity index (χ4n) is 9.35. The van der Waals surface area contributed by atoms with Crippen LogP contribution < -0.4 is 20.7 Å². The summed E-state index contributed by atoms with van der Waals surface area (Å²) in [4.78, 5) is 6.70. The summed E-state index contributed by atoms with van der Waals surface area (Å²) in [5.41, 5.74) is 15.1. The predicted molar refractivity (Wildman–Crippen MR) is 243 cm³/mol. The molecule has 6 aromatic carbocycles. The molecular weight excluding hydrogens is 704 g/mol. The van der Waals surface area contributed by atoms with Gasteiger partial charge in [-0.05, 0) is 110 Å². The molecule has 5 heteroatoms. The number of thiophene rings is 1. The van der Waals surface area contributed by atoms with Crippen molar-refractivity contribution in [1.82, 2.24) is 0 Å². The second kappa shape index (κ2) is 12.0. The van der Waals surface area contributed by atoms with Crippen molar-refractivity contribution in [1.29, 1.82) is 0 Å². The molecule has 1 aromatic heterocycles. The number of thioether (sulfide) groups is 1. The normalized spacial score (nSPS) is 17.7. The summed E-state index contributed by atoms with van der Waals surface area (Å²) in [5, 5.41) is 2.98. The Morgan fingerprint density at radius 3 is 1.82 bits per heavy atom. The number of benzene rings is 6. The van der Waals surface area contributed by atoms with Gasteiger partial charge in [0.05, 0.1) is 6.04 Å². The summed E-state index contributed by atoms with van der Waals surface area (Å²) in [7, 11) is 0. The van der Waals surface area contributed by atoms with E-state index in [9.17, 15) is 0 Å². The van der Waals surface area contributed by atoms with Gasteiger partial charge in [0.2, 0.25) is 6.71 Å². The maximum Gasteiger partial charge on any atom is 0.233 e. The number of fused-ring (bicyclic) bond motifs is 9. The average molecular weight is 753 g/mol. The summed E-state index contributed by atoms with van der Waals surface area (Å²) in [6, 6.07) is 47.5. The molecule has 0 bridgehead atoms. The summed E-state index contributed by atoms with van der Waals surface area (Å²) in [6.45, 7) is 21.1. The van der Waals surface area contributed by atoms with Crippen LogP contribution in [0.25, 0.3) is 20.2 Å². The Morgan fingerprint density at radius 2 is 1.15 bits per heavy atom. The van der Waals surface area contributed by atoms with Crippen LogP contribution in [0.3, 0.4) is 0 Å². The molecule has 2 nitrogen and oxygen atoms in total. The Labute approximate surface area is 335 Å². The minimum Gasteiger partial charge on any atom is -0.334 e. The quantitative estimate of drug-likeness (QED) is 0.162. The van der Waals surface area contributed by atoms with Crippen LogP contribution in [0.1, 0.15) is 90.6 Å². The van der Waals surface area contributed by atoms with Gasteiger partial charge in [-0.3, -0.25) is 0 Å². The molecule has 0 saturated heterocycles. The Morgan fingerprint density at radius 1 is 0.527 bits per heavy atom. The molecule has 0 aliphatic carbocycles. The van der Waals surface area contributed by atoms with Gasteiger partial charge in [-0.25, -0.2) is 0 Å². The van der Waals surface area contributed by atoms with Crippen molar-refractivity contribution in [3.63, 3.8) is 0 Å². The lowest BCUT2D eigenvalue weighted by atomic mass is 9.33. The Kier molecular flexibility index (Phi) is 7.65. The van der Waals surface area contributed by atoms with Crippen molar-refractivity contribution in [3.05, 3.63) is 144 Å². The van der Waals surface area contributed by atoms with Gasteiger partial charge in [-0.2, -0.15) is 0 Å². The minimum atomic E-state index is 0.0595. The predicted octanol–water partition coefficient (Wildman–Crippen LogP) is 13.2. The lowest BCUT2D eigenvalue weighted by Crippen LogP contribution is -2.62. The van der Waals surface area contributed by atoms with Crippen LogP contribution >= 0.6 is 23.1 Å². The highest BCUT2D eigenvalue weighted by Crippen LogP contribution is 2.57. The van der Waals surface area contributed by atoms with Gasteiger partial charge in [0.1, 0.15) is 0 Å². The third kappa shape index (κ3) is 5.44. The first-order valence-corrected chi connectivity index (χ1v) is 21.6. The third-order valence-electron chi connectivity index (χ3n) is 12.4. The van der Waals surface area contributed by atoms with Gasteiger partial charge in [-0.1, -0.05) is 123 Å². The van der Waals surface area contributed by atoms with Gasteiger partial charge in [0, 0.05) is 58.7 Å². The second-order valence-electron chi connectivity index (χ2n) is 19.0. The monoisotopic (exact) mass is 752 g/mol. The van der Waals surface area contributed by atoms with Crippen LogP contribution in [0.15, 0.2) is 126 Å². The summed E-state index contributed by atoms with van der Waals surface area (Å²) in [5.74, 6) is 0. The zero-order valence-corrected chi connectivity index (χ0v) is 35.1. The van der Waals surface area contributed by atoms with E-state index in [-0.39, 0.29) is 34.1 Å². The molecule has 0 saturated carbocycles. The second-order valence-corrected chi connectivity index (χ2v) is 21.3. The van der Waals surface area contributed by atoms with Crippen LogP contribution in [0, 0.1) is 0 Å². The molecule has 55 heavy (non-hydrogen) atoms. The highest BCUT2D eigenvalue weighted by molar-refractivity contribution is 8.02. The number of anilines is 5. The maximum absolute atomic E-state index is 2.71. The standard InChI is InChI=1S/C50H49BN2S2/c1-48(2,3)30-17-22-33(23-18-30)52-39-14-12-15-40-45(39)51(38-29-44-36(28-41(38)52)35-13-10-11-16-42(35)54-44)47-46(37-27-32(50(7,8)9)21-26-43(37)55-47)53(40)34-24-19-31(20-25-34)49(4,5)6/h10-29,46-47H,1-9H3. The lowest BCUT2D eigenvalue weighted by molar-refractivity contribution is 0.587. The van der Waals surface area contributed by atoms with E-state index in [0.717, 1.165) is 0 Å².